The number of halogens is 1. The molecule has 124 valence electrons. The number of guanidine groups is 1. The molecule has 0 radical (unpaired) electrons. The molecule has 0 aliphatic rings. The molecule has 0 aliphatic carbocycles. The standard InChI is InChI=1S/C16H25N3O2.HI/c1-13(2)21-15(20)10-11-17-16(19(3)4)18-12-14-8-6-5-7-9-14;/h5-9,13H,10-12H2,1-4H3,(H,17,18);1H. The van der Waals surface area contributed by atoms with Crippen LogP contribution in [0.1, 0.15) is 25.8 Å². The number of esters is 1. The van der Waals surface area contributed by atoms with E-state index in [9.17, 15) is 4.79 Å². The van der Waals surface area contributed by atoms with Crippen molar-refractivity contribution in [2.45, 2.75) is 32.9 Å². The lowest BCUT2D eigenvalue weighted by molar-refractivity contribution is -0.147. The molecule has 0 fully saturated rings. The van der Waals surface area contributed by atoms with Gasteiger partial charge in [0.25, 0.3) is 0 Å². The fraction of sp³-hybridized carbons (Fsp3) is 0.500. The summed E-state index contributed by atoms with van der Waals surface area (Å²) in [6, 6.07) is 10.1. The molecule has 1 aromatic carbocycles. The van der Waals surface area contributed by atoms with Gasteiger partial charge in [-0.3, -0.25) is 4.79 Å². The van der Waals surface area contributed by atoms with E-state index in [1.54, 1.807) is 0 Å². The van der Waals surface area contributed by atoms with Crippen LogP contribution >= 0.6 is 24.0 Å². The van der Waals surface area contributed by atoms with E-state index in [-0.39, 0.29) is 36.0 Å². The van der Waals surface area contributed by atoms with Crippen LogP contribution in [0.2, 0.25) is 0 Å². The van der Waals surface area contributed by atoms with E-state index >= 15 is 0 Å². The number of carbonyl (C=O) groups is 1. The van der Waals surface area contributed by atoms with E-state index in [1.807, 2.05) is 63.2 Å². The average molecular weight is 419 g/mol. The summed E-state index contributed by atoms with van der Waals surface area (Å²) in [6.07, 6.45) is 0.258. The second kappa shape index (κ2) is 11.3. The van der Waals surface area contributed by atoms with Gasteiger partial charge in [0.2, 0.25) is 0 Å². The zero-order valence-corrected chi connectivity index (χ0v) is 16.0. The minimum atomic E-state index is -0.196. The first-order valence-electron chi connectivity index (χ1n) is 7.18. The van der Waals surface area contributed by atoms with Crippen molar-refractivity contribution >= 4 is 35.9 Å². The molecule has 22 heavy (non-hydrogen) atoms. The Labute approximate surface area is 150 Å². The Hall–Kier alpha value is -1.31. The molecule has 6 heteroatoms. The van der Waals surface area contributed by atoms with Gasteiger partial charge in [-0.1, -0.05) is 30.3 Å². The van der Waals surface area contributed by atoms with Crippen LogP contribution in [-0.4, -0.2) is 43.6 Å². The molecule has 5 nitrogen and oxygen atoms in total. The van der Waals surface area contributed by atoms with Gasteiger partial charge in [-0.2, -0.15) is 0 Å². The molecule has 0 bridgehead atoms. The van der Waals surface area contributed by atoms with Crippen molar-refractivity contribution in [3.05, 3.63) is 35.9 Å². The molecule has 0 heterocycles. The number of hydrogen-bond acceptors (Lipinski definition) is 3. The molecule has 0 saturated heterocycles. The van der Waals surface area contributed by atoms with Gasteiger partial charge in [0.05, 0.1) is 19.1 Å². The van der Waals surface area contributed by atoms with Gasteiger partial charge in [-0.05, 0) is 19.4 Å². The third kappa shape index (κ3) is 8.86. The van der Waals surface area contributed by atoms with Gasteiger partial charge in [-0.25, -0.2) is 4.99 Å². The highest BCUT2D eigenvalue weighted by Crippen LogP contribution is 2.00. The first kappa shape index (κ1) is 20.7. The number of hydrogen-bond donors (Lipinski definition) is 1. The summed E-state index contributed by atoms with van der Waals surface area (Å²) in [6.45, 7) is 4.81. The van der Waals surface area contributed by atoms with Gasteiger partial charge < -0.3 is 15.0 Å². The molecule has 0 unspecified atom stereocenters. The molecule has 0 atom stereocenters. The number of nitrogens with zero attached hydrogens (tertiary/aromatic N) is 2. The minimum absolute atomic E-state index is 0. The van der Waals surface area contributed by atoms with E-state index < -0.39 is 0 Å². The van der Waals surface area contributed by atoms with Crippen molar-refractivity contribution in [3.8, 4) is 0 Å². The van der Waals surface area contributed by atoms with Gasteiger partial charge >= 0.3 is 5.97 Å². The van der Waals surface area contributed by atoms with Crippen LogP contribution in [-0.2, 0) is 16.1 Å². The third-order valence-electron chi connectivity index (χ3n) is 2.66. The Kier molecular flexibility index (Phi) is 10.6. The highest BCUT2D eigenvalue weighted by Gasteiger charge is 2.07. The predicted molar refractivity (Wildman–Crippen MR) is 101 cm³/mol. The van der Waals surface area contributed by atoms with Gasteiger partial charge in [0.1, 0.15) is 0 Å². The number of aliphatic imine (C=N–C) groups is 1. The van der Waals surface area contributed by atoms with Crippen molar-refractivity contribution in [1.82, 2.24) is 10.2 Å². The number of rotatable bonds is 6. The maximum absolute atomic E-state index is 11.5. The molecule has 0 spiro atoms. The second-order valence-electron chi connectivity index (χ2n) is 5.24. The predicted octanol–water partition coefficient (Wildman–Crippen LogP) is 2.65. The fourth-order valence-electron chi connectivity index (χ4n) is 1.70. The highest BCUT2D eigenvalue weighted by atomic mass is 127. The summed E-state index contributed by atoms with van der Waals surface area (Å²) in [5.41, 5.74) is 1.15. The van der Waals surface area contributed by atoms with Crippen LogP contribution in [0.25, 0.3) is 0 Å². The lowest BCUT2D eigenvalue weighted by Gasteiger charge is -2.17. The van der Waals surface area contributed by atoms with E-state index in [4.69, 9.17) is 4.74 Å². The summed E-state index contributed by atoms with van der Waals surface area (Å²) < 4.78 is 5.09. The minimum Gasteiger partial charge on any atom is -0.463 e. The average Bonchev–Trinajstić information content (AvgIpc) is 2.42. The monoisotopic (exact) mass is 419 g/mol. The van der Waals surface area contributed by atoms with Crippen LogP contribution in [0.4, 0.5) is 0 Å². The summed E-state index contributed by atoms with van der Waals surface area (Å²) in [5, 5.41) is 3.17. The molecule has 0 aliphatic heterocycles. The highest BCUT2D eigenvalue weighted by molar-refractivity contribution is 14.0. The second-order valence-corrected chi connectivity index (χ2v) is 5.24. The van der Waals surface area contributed by atoms with E-state index in [2.05, 4.69) is 10.3 Å². The zero-order valence-electron chi connectivity index (χ0n) is 13.7. The van der Waals surface area contributed by atoms with E-state index in [0.717, 1.165) is 11.5 Å². The fourth-order valence-corrected chi connectivity index (χ4v) is 1.70. The SMILES string of the molecule is CC(C)OC(=O)CCNC(=NCc1ccccc1)N(C)C.I. The van der Waals surface area contributed by atoms with Crippen molar-refractivity contribution in [3.63, 3.8) is 0 Å². The lowest BCUT2D eigenvalue weighted by atomic mass is 10.2. The van der Waals surface area contributed by atoms with E-state index in [1.165, 1.54) is 0 Å². The smallest absolute Gasteiger partial charge is 0.307 e. The van der Waals surface area contributed by atoms with E-state index in [0.29, 0.717) is 19.5 Å². The van der Waals surface area contributed by atoms with Crippen molar-refractivity contribution in [1.29, 1.82) is 0 Å². The molecule has 1 rings (SSSR count). The lowest BCUT2D eigenvalue weighted by Crippen LogP contribution is -2.37. The molecular formula is C16H26IN3O2. The maximum Gasteiger partial charge on any atom is 0.307 e. The van der Waals surface area contributed by atoms with Crippen LogP contribution in [0.15, 0.2) is 35.3 Å². The molecular weight excluding hydrogens is 393 g/mol. The topological polar surface area (TPSA) is 53.9 Å². The van der Waals surface area contributed by atoms with Gasteiger partial charge in [0.15, 0.2) is 5.96 Å². The van der Waals surface area contributed by atoms with Crippen LogP contribution in [0.3, 0.4) is 0 Å². The summed E-state index contributed by atoms with van der Waals surface area (Å²) >= 11 is 0. The molecule has 0 aromatic heterocycles. The molecule has 1 aromatic rings. The zero-order chi connectivity index (χ0) is 15.7. The first-order valence-corrected chi connectivity index (χ1v) is 7.18. The Balaban J connectivity index is 0.00000441. The number of ether oxygens (including phenoxy) is 1. The summed E-state index contributed by atoms with van der Waals surface area (Å²) in [5.74, 6) is 0.565. The summed E-state index contributed by atoms with van der Waals surface area (Å²) in [7, 11) is 3.84. The Bertz CT molecular complexity index is 462. The largest absolute Gasteiger partial charge is 0.463 e. The molecule has 0 amide bonds. The van der Waals surface area contributed by atoms with Crippen LogP contribution in [0, 0.1) is 0 Å². The van der Waals surface area contributed by atoms with Crippen LogP contribution < -0.4 is 5.32 Å². The molecule has 1 N–H and O–H groups in total. The maximum atomic E-state index is 11.5. The van der Waals surface area contributed by atoms with Crippen molar-refractivity contribution in [2.75, 3.05) is 20.6 Å². The number of benzene rings is 1. The normalized spacial score (nSPS) is 10.9. The Morgan fingerprint density at radius 2 is 1.91 bits per heavy atom. The number of nitrogens with one attached hydrogen (secondary N) is 1. The third-order valence-corrected chi connectivity index (χ3v) is 2.66. The van der Waals surface area contributed by atoms with Gasteiger partial charge in [-0.15, -0.1) is 24.0 Å². The first-order chi connectivity index (χ1) is 9.99. The van der Waals surface area contributed by atoms with Crippen molar-refractivity contribution < 1.29 is 9.53 Å². The Morgan fingerprint density at radius 1 is 1.27 bits per heavy atom. The Morgan fingerprint density at radius 3 is 2.45 bits per heavy atom. The van der Waals surface area contributed by atoms with Crippen molar-refractivity contribution in [2.24, 2.45) is 4.99 Å². The summed E-state index contributed by atoms with van der Waals surface area (Å²) in [4.78, 5) is 17.9. The quantitative estimate of drug-likeness (QED) is 0.334. The van der Waals surface area contributed by atoms with Crippen LogP contribution in [0.5, 0.6) is 0 Å². The van der Waals surface area contributed by atoms with Gasteiger partial charge in [0, 0.05) is 20.6 Å². The number of carbonyl (C=O) groups excluding carboxylic acids is 1. The molecule has 0 saturated carbocycles.